The predicted octanol–water partition coefficient (Wildman–Crippen LogP) is 4.16. The molecular weight excluding hydrogens is 356 g/mol. The zero-order chi connectivity index (χ0) is 18.3. The molecule has 4 bridgehead atoms. The molecule has 5 aliphatic rings. The number of benzene rings is 1. The molecule has 0 aromatic heterocycles. The van der Waals surface area contributed by atoms with Crippen molar-refractivity contribution in [1.82, 2.24) is 0 Å². The maximum Gasteiger partial charge on any atom is 0.234 e. The minimum atomic E-state index is 0.148. The first kappa shape index (κ1) is 17.9. The molecule has 4 nitrogen and oxygen atoms in total. The van der Waals surface area contributed by atoms with Gasteiger partial charge in [-0.3, -0.25) is 4.79 Å². The van der Waals surface area contributed by atoms with Crippen LogP contribution in [-0.4, -0.2) is 42.7 Å². The highest BCUT2D eigenvalue weighted by atomic mass is 32.2. The minimum absolute atomic E-state index is 0.148. The van der Waals surface area contributed by atoms with Crippen LogP contribution in [0, 0.1) is 17.8 Å². The van der Waals surface area contributed by atoms with Crippen LogP contribution in [0.2, 0.25) is 0 Å². The van der Waals surface area contributed by atoms with Crippen LogP contribution < -0.4 is 10.2 Å². The Morgan fingerprint density at radius 1 is 1.04 bits per heavy atom. The van der Waals surface area contributed by atoms with Crippen molar-refractivity contribution in [3.63, 3.8) is 0 Å². The van der Waals surface area contributed by atoms with E-state index in [9.17, 15) is 4.79 Å². The Labute approximate surface area is 166 Å². The summed E-state index contributed by atoms with van der Waals surface area (Å²) < 4.78 is 5.82. The summed E-state index contributed by atoms with van der Waals surface area (Å²) in [6.07, 6.45) is 8.44. The third kappa shape index (κ3) is 3.86. The first-order valence-electron chi connectivity index (χ1n) is 10.5. The average Bonchev–Trinajstić information content (AvgIpc) is 2.67. The SMILES string of the molecule is O=C(CSC12CC3CC(CC(C3)C1)C2)Nc1ccc(N2CCOCC2)cc1. The minimum Gasteiger partial charge on any atom is -0.378 e. The molecular formula is C22H30N2O2S. The molecule has 0 unspecified atom stereocenters. The summed E-state index contributed by atoms with van der Waals surface area (Å²) in [7, 11) is 0. The summed E-state index contributed by atoms with van der Waals surface area (Å²) >= 11 is 1.95. The van der Waals surface area contributed by atoms with Gasteiger partial charge in [0.1, 0.15) is 0 Å². The zero-order valence-electron chi connectivity index (χ0n) is 16.0. The van der Waals surface area contributed by atoms with Crippen molar-refractivity contribution in [1.29, 1.82) is 0 Å². The summed E-state index contributed by atoms with van der Waals surface area (Å²) in [4.78, 5) is 14.9. The Bertz CT molecular complexity index is 649. The maximum atomic E-state index is 12.5. The van der Waals surface area contributed by atoms with Gasteiger partial charge in [0.15, 0.2) is 0 Å². The van der Waals surface area contributed by atoms with Gasteiger partial charge < -0.3 is 15.0 Å². The lowest BCUT2D eigenvalue weighted by Crippen LogP contribution is -2.49. The first-order chi connectivity index (χ1) is 13.2. The summed E-state index contributed by atoms with van der Waals surface area (Å²) in [6, 6.07) is 8.26. The molecule has 4 saturated carbocycles. The molecule has 1 N–H and O–H groups in total. The summed E-state index contributed by atoms with van der Waals surface area (Å²) in [6.45, 7) is 3.46. The smallest absolute Gasteiger partial charge is 0.234 e. The van der Waals surface area contributed by atoms with Crippen molar-refractivity contribution < 1.29 is 9.53 Å². The number of anilines is 2. The number of hydrogen-bond donors (Lipinski definition) is 1. The number of amides is 1. The molecule has 1 amide bonds. The molecule has 146 valence electrons. The highest BCUT2D eigenvalue weighted by Gasteiger charge is 2.51. The van der Waals surface area contributed by atoms with Gasteiger partial charge in [-0.1, -0.05) is 0 Å². The Kier molecular flexibility index (Phi) is 4.85. The second kappa shape index (κ2) is 7.32. The van der Waals surface area contributed by atoms with Crippen LogP contribution in [0.15, 0.2) is 24.3 Å². The van der Waals surface area contributed by atoms with Crippen LogP contribution in [0.4, 0.5) is 11.4 Å². The average molecular weight is 387 g/mol. The number of hydrogen-bond acceptors (Lipinski definition) is 4. The molecule has 0 spiro atoms. The van der Waals surface area contributed by atoms with Crippen molar-refractivity contribution in [3.05, 3.63) is 24.3 Å². The molecule has 0 radical (unpaired) electrons. The lowest BCUT2D eigenvalue weighted by Gasteiger charge is -2.56. The fourth-order valence-electron chi connectivity index (χ4n) is 6.20. The number of rotatable bonds is 5. The number of ether oxygens (including phenoxy) is 1. The molecule has 1 heterocycles. The molecule has 1 aromatic rings. The summed E-state index contributed by atoms with van der Waals surface area (Å²) in [5.41, 5.74) is 2.11. The Hall–Kier alpha value is -1.20. The van der Waals surface area contributed by atoms with E-state index in [2.05, 4.69) is 22.3 Å². The normalized spacial score (nSPS) is 34.7. The summed E-state index contributed by atoms with van der Waals surface area (Å²) in [5, 5.41) is 3.10. The van der Waals surface area contributed by atoms with E-state index in [1.54, 1.807) is 0 Å². The van der Waals surface area contributed by atoms with Crippen LogP contribution in [0.5, 0.6) is 0 Å². The predicted molar refractivity (Wildman–Crippen MR) is 111 cm³/mol. The van der Waals surface area contributed by atoms with E-state index < -0.39 is 0 Å². The zero-order valence-corrected chi connectivity index (χ0v) is 16.8. The molecule has 6 rings (SSSR count). The topological polar surface area (TPSA) is 41.6 Å². The van der Waals surface area contributed by atoms with Crippen LogP contribution >= 0.6 is 11.8 Å². The van der Waals surface area contributed by atoms with E-state index in [1.165, 1.54) is 44.2 Å². The van der Waals surface area contributed by atoms with E-state index in [0.29, 0.717) is 10.5 Å². The van der Waals surface area contributed by atoms with E-state index in [0.717, 1.165) is 49.7 Å². The standard InChI is InChI=1S/C22H30N2O2S/c25-21(15-27-22-12-16-9-17(13-22)11-18(10-16)14-22)23-19-1-3-20(4-2-19)24-5-7-26-8-6-24/h1-4,16-18H,5-15H2,(H,23,25). The van der Waals surface area contributed by atoms with Crippen molar-refractivity contribution >= 4 is 29.0 Å². The van der Waals surface area contributed by atoms with Crippen LogP contribution in [0.25, 0.3) is 0 Å². The lowest BCUT2D eigenvalue weighted by atomic mass is 9.56. The first-order valence-corrected chi connectivity index (χ1v) is 11.5. The van der Waals surface area contributed by atoms with Crippen LogP contribution in [-0.2, 0) is 9.53 Å². The molecule has 27 heavy (non-hydrogen) atoms. The molecule has 0 atom stereocenters. The van der Waals surface area contributed by atoms with Crippen molar-refractivity contribution in [2.24, 2.45) is 17.8 Å². The van der Waals surface area contributed by atoms with Gasteiger partial charge in [-0.05, 0) is 80.5 Å². The Balaban J connectivity index is 1.14. The number of nitrogens with zero attached hydrogens (tertiary/aromatic N) is 1. The van der Waals surface area contributed by atoms with Gasteiger partial charge in [0.25, 0.3) is 0 Å². The Morgan fingerprint density at radius 2 is 1.63 bits per heavy atom. The molecule has 1 saturated heterocycles. The molecule has 5 fully saturated rings. The monoisotopic (exact) mass is 386 g/mol. The van der Waals surface area contributed by atoms with Gasteiger partial charge >= 0.3 is 0 Å². The fourth-order valence-corrected chi connectivity index (χ4v) is 7.77. The van der Waals surface area contributed by atoms with Gasteiger partial charge in [-0.15, -0.1) is 11.8 Å². The number of carbonyl (C=O) groups is 1. The highest BCUT2D eigenvalue weighted by molar-refractivity contribution is 8.01. The fraction of sp³-hybridized carbons (Fsp3) is 0.682. The quantitative estimate of drug-likeness (QED) is 0.825. The van der Waals surface area contributed by atoms with Gasteiger partial charge in [0.05, 0.1) is 19.0 Å². The van der Waals surface area contributed by atoms with Crippen molar-refractivity contribution in [2.75, 3.05) is 42.3 Å². The number of thioether (sulfide) groups is 1. The van der Waals surface area contributed by atoms with Gasteiger partial charge in [0.2, 0.25) is 5.91 Å². The highest BCUT2D eigenvalue weighted by Crippen LogP contribution is 2.60. The molecule has 5 heteroatoms. The van der Waals surface area contributed by atoms with Gasteiger partial charge in [-0.2, -0.15) is 0 Å². The number of carbonyl (C=O) groups excluding carboxylic acids is 1. The Morgan fingerprint density at radius 3 is 2.22 bits per heavy atom. The number of morpholine rings is 1. The van der Waals surface area contributed by atoms with E-state index >= 15 is 0 Å². The molecule has 1 aromatic carbocycles. The second-order valence-electron chi connectivity index (χ2n) is 9.08. The lowest BCUT2D eigenvalue weighted by molar-refractivity contribution is -0.113. The van der Waals surface area contributed by atoms with Gasteiger partial charge in [-0.25, -0.2) is 0 Å². The second-order valence-corrected chi connectivity index (χ2v) is 10.5. The summed E-state index contributed by atoms with van der Waals surface area (Å²) in [5.74, 6) is 3.57. The van der Waals surface area contributed by atoms with E-state index in [1.807, 2.05) is 23.9 Å². The largest absolute Gasteiger partial charge is 0.378 e. The third-order valence-electron chi connectivity index (χ3n) is 7.02. The van der Waals surface area contributed by atoms with Crippen molar-refractivity contribution in [2.45, 2.75) is 43.3 Å². The third-order valence-corrected chi connectivity index (χ3v) is 8.54. The van der Waals surface area contributed by atoms with Gasteiger partial charge in [0, 0.05) is 29.2 Å². The van der Waals surface area contributed by atoms with E-state index in [4.69, 9.17) is 4.74 Å². The maximum absolute atomic E-state index is 12.5. The number of nitrogens with one attached hydrogen (secondary N) is 1. The van der Waals surface area contributed by atoms with Crippen LogP contribution in [0.1, 0.15) is 38.5 Å². The van der Waals surface area contributed by atoms with Crippen molar-refractivity contribution in [3.8, 4) is 0 Å². The molecule has 4 aliphatic carbocycles. The van der Waals surface area contributed by atoms with Crippen LogP contribution in [0.3, 0.4) is 0 Å². The molecule has 1 aliphatic heterocycles. The van der Waals surface area contributed by atoms with E-state index in [-0.39, 0.29) is 5.91 Å².